The fourth-order valence-electron chi connectivity index (χ4n) is 2.79. The lowest BCUT2D eigenvalue weighted by Crippen LogP contribution is -2.13. The molecule has 7 heteroatoms. The Morgan fingerprint density at radius 3 is 2.25 bits per heavy atom. The molecule has 0 heterocycles. The predicted molar refractivity (Wildman–Crippen MR) is 127 cm³/mol. The first-order valence-corrected chi connectivity index (χ1v) is 10.6. The summed E-state index contributed by atoms with van der Waals surface area (Å²) in [5.41, 5.74) is 2.10. The highest BCUT2D eigenvalue weighted by atomic mass is 35.5. The highest BCUT2D eigenvalue weighted by molar-refractivity contribution is 6.30. The molecule has 0 saturated carbocycles. The monoisotopic (exact) mass is 466 g/mol. The van der Waals surface area contributed by atoms with Crippen LogP contribution in [0.1, 0.15) is 18.1 Å². The molecule has 5 nitrogen and oxygen atoms in total. The van der Waals surface area contributed by atoms with Crippen molar-refractivity contribution in [3.05, 3.63) is 93.5 Å². The molecular weight excluding hydrogens is 447 g/mol. The largest absolute Gasteiger partial charge is 0.490 e. The van der Waals surface area contributed by atoms with E-state index >= 15 is 0 Å². The topological polar surface area (TPSA) is 71.3 Å². The number of carbonyl (C=O) groups excluding carboxylic acids is 1. The van der Waals surface area contributed by atoms with Crippen LogP contribution in [0.25, 0.3) is 6.08 Å². The lowest BCUT2D eigenvalue weighted by Gasteiger charge is -2.13. The Morgan fingerprint density at radius 2 is 1.62 bits per heavy atom. The highest BCUT2D eigenvalue weighted by Crippen LogP contribution is 2.30. The van der Waals surface area contributed by atoms with Gasteiger partial charge in [0, 0.05) is 15.7 Å². The molecule has 32 heavy (non-hydrogen) atoms. The number of hydrogen-bond donors (Lipinski definition) is 1. The number of ether oxygens (including phenoxy) is 2. The second-order valence-electron chi connectivity index (χ2n) is 6.69. The van der Waals surface area contributed by atoms with Crippen molar-refractivity contribution < 1.29 is 14.3 Å². The molecule has 0 fully saturated rings. The van der Waals surface area contributed by atoms with E-state index in [1.807, 2.05) is 25.1 Å². The summed E-state index contributed by atoms with van der Waals surface area (Å²) >= 11 is 11.8. The SMILES string of the molecule is CCOc1cc(/C=C(/C#N)C(=O)Nc2ccc(Cl)cc2)ccc1OCc1ccc(Cl)cc1. The van der Waals surface area contributed by atoms with Crippen LogP contribution >= 0.6 is 23.2 Å². The van der Waals surface area contributed by atoms with E-state index in [2.05, 4.69) is 5.32 Å². The van der Waals surface area contributed by atoms with Crippen LogP contribution < -0.4 is 14.8 Å². The molecule has 1 amide bonds. The summed E-state index contributed by atoms with van der Waals surface area (Å²) in [6.45, 7) is 2.65. The normalized spacial score (nSPS) is 10.9. The average Bonchev–Trinajstić information content (AvgIpc) is 2.79. The molecule has 3 aromatic carbocycles. The van der Waals surface area contributed by atoms with Crippen molar-refractivity contribution in [2.45, 2.75) is 13.5 Å². The number of amides is 1. The van der Waals surface area contributed by atoms with Crippen LogP contribution in [-0.2, 0) is 11.4 Å². The van der Waals surface area contributed by atoms with Gasteiger partial charge in [-0.25, -0.2) is 0 Å². The Balaban J connectivity index is 1.76. The molecule has 0 radical (unpaired) electrons. The second-order valence-corrected chi connectivity index (χ2v) is 7.56. The summed E-state index contributed by atoms with van der Waals surface area (Å²) in [5.74, 6) is 0.560. The fourth-order valence-corrected chi connectivity index (χ4v) is 3.04. The van der Waals surface area contributed by atoms with Crippen LogP contribution in [0.15, 0.2) is 72.3 Å². The number of rotatable bonds is 8. The maximum Gasteiger partial charge on any atom is 0.266 e. The van der Waals surface area contributed by atoms with E-state index in [1.54, 1.807) is 54.6 Å². The number of hydrogen-bond acceptors (Lipinski definition) is 4. The number of carbonyl (C=O) groups is 1. The van der Waals surface area contributed by atoms with Crippen molar-refractivity contribution in [3.8, 4) is 17.6 Å². The molecule has 0 aromatic heterocycles. The van der Waals surface area contributed by atoms with E-state index in [-0.39, 0.29) is 5.57 Å². The minimum Gasteiger partial charge on any atom is -0.490 e. The van der Waals surface area contributed by atoms with Crippen LogP contribution in [0.3, 0.4) is 0 Å². The van der Waals surface area contributed by atoms with Gasteiger partial charge in [-0.1, -0.05) is 41.4 Å². The molecule has 0 spiro atoms. The molecule has 0 aliphatic carbocycles. The summed E-state index contributed by atoms with van der Waals surface area (Å²) in [4.78, 5) is 12.5. The van der Waals surface area contributed by atoms with E-state index in [0.717, 1.165) is 5.56 Å². The smallest absolute Gasteiger partial charge is 0.266 e. The summed E-state index contributed by atoms with van der Waals surface area (Å²) in [6, 6.07) is 21.2. The summed E-state index contributed by atoms with van der Waals surface area (Å²) in [6.07, 6.45) is 1.50. The van der Waals surface area contributed by atoms with Crippen LogP contribution in [-0.4, -0.2) is 12.5 Å². The quantitative estimate of drug-likeness (QED) is 0.303. The van der Waals surface area contributed by atoms with E-state index in [0.29, 0.717) is 46.0 Å². The minimum absolute atomic E-state index is 0.0442. The summed E-state index contributed by atoms with van der Waals surface area (Å²) in [7, 11) is 0. The fraction of sp³-hybridized carbons (Fsp3) is 0.120. The van der Waals surface area contributed by atoms with Crippen LogP contribution in [0.4, 0.5) is 5.69 Å². The number of anilines is 1. The molecule has 0 aliphatic heterocycles. The summed E-state index contributed by atoms with van der Waals surface area (Å²) < 4.78 is 11.6. The molecule has 1 N–H and O–H groups in total. The first-order valence-electron chi connectivity index (χ1n) is 9.81. The van der Waals surface area contributed by atoms with Gasteiger partial charge in [-0.2, -0.15) is 5.26 Å². The van der Waals surface area contributed by atoms with Crippen LogP contribution in [0.2, 0.25) is 10.0 Å². The van der Waals surface area contributed by atoms with Crippen molar-refractivity contribution in [1.29, 1.82) is 5.26 Å². The zero-order chi connectivity index (χ0) is 22.9. The van der Waals surface area contributed by atoms with Crippen LogP contribution in [0.5, 0.6) is 11.5 Å². The Morgan fingerprint density at radius 1 is 0.969 bits per heavy atom. The Labute approximate surface area is 196 Å². The number of halogens is 2. The number of nitriles is 1. The van der Waals surface area contributed by atoms with Crippen LogP contribution in [0, 0.1) is 11.3 Å². The zero-order valence-electron chi connectivity index (χ0n) is 17.3. The third kappa shape index (κ3) is 6.52. The molecule has 0 bridgehead atoms. The number of nitrogens with one attached hydrogen (secondary N) is 1. The highest BCUT2D eigenvalue weighted by Gasteiger charge is 2.12. The van der Waals surface area contributed by atoms with Gasteiger partial charge in [-0.05, 0) is 72.7 Å². The number of nitrogens with zero attached hydrogens (tertiary/aromatic N) is 1. The van der Waals surface area contributed by atoms with Gasteiger partial charge in [0.1, 0.15) is 18.2 Å². The van der Waals surface area contributed by atoms with Gasteiger partial charge in [-0.3, -0.25) is 4.79 Å². The van der Waals surface area contributed by atoms with Gasteiger partial charge >= 0.3 is 0 Å². The Hall–Kier alpha value is -3.46. The maximum absolute atomic E-state index is 12.5. The van der Waals surface area contributed by atoms with Crippen molar-refractivity contribution in [2.75, 3.05) is 11.9 Å². The van der Waals surface area contributed by atoms with Crippen molar-refractivity contribution in [2.24, 2.45) is 0 Å². The van der Waals surface area contributed by atoms with E-state index in [9.17, 15) is 10.1 Å². The lowest BCUT2D eigenvalue weighted by molar-refractivity contribution is -0.112. The maximum atomic E-state index is 12.5. The van der Waals surface area contributed by atoms with Crippen molar-refractivity contribution >= 4 is 40.9 Å². The minimum atomic E-state index is -0.518. The molecule has 0 aliphatic rings. The second kappa shape index (κ2) is 11.2. The molecule has 0 unspecified atom stereocenters. The third-order valence-electron chi connectivity index (χ3n) is 4.35. The van der Waals surface area contributed by atoms with Gasteiger partial charge in [0.25, 0.3) is 5.91 Å². The predicted octanol–water partition coefficient (Wildman–Crippen LogP) is 6.52. The third-order valence-corrected chi connectivity index (χ3v) is 4.86. The van der Waals surface area contributed by atoms with Gasteiger partial charge in [-0.15, -0.1) is 0 Å². The lowest BCUT2D eigenvalue weighted by atomic mass is 10.1. The standard InChI is InChI=1S/C25H20Cl2N2O3/c1-2-31-24-14-18(5-12-23(24)32-16-17-3-6-20(26)7-4-17)13-19(15-28)25(30)29-22-10-8-21(27)9-11-22/h3-14H,2,16H2,1H3,(H,29,30)/b19-13-. The van der Waals surface area contributed by atoms with Gasteiger partial charge in [0.05, 0.1) is 6.61 Å². The first-order chi connectivity index (χ1) is 15.5. The number of benzene rings is 3. The van der Waals surface area contributed by atoms with E-state index in [4.69, 9.17) is 32.7 Å². The van der Waals surface area contributed by atoms with Gasteiger partial charge in [0.2, 0.25) is 0 Å². The first kappa shape index (κ1) is 23.2. The molecule has 0 saturated heterocycles. The Kier molecular flexibility index (Phi) is 8.15. The van der Waals surface area contributed by atoms with Gasteiger partial charge in [0.15, 0.2) is 11.5 Å². The molecular formula is C25H20Cl2N2O3. The summed E-state index contributed by atoms with van der Waals surface area (Å²) in [5, 5.41) is 13.4. The van der Waals surface area contributed by atoms with Gasteiger partial charge < -0.3 is 14.8 Å². The molecule has 3 aromatic rings. The van der Waals surface area contributed by atoms with E-state index < -0.39 is 5.91 Å². The average molecular weight is 467 g/mol. The van der Waals surface area contributed by atoms with Crippen molar-refractivity contribution in [1.82, 2.24) is 0 Å². The Bertz CT molecular complexity index is 1150. The van der Waals surface area contributed by atoms with E-state index in [1.165, 1.54) is 6.08 Å². The zero-order valence-corrected chi connectivity index (χ0v) is 18.8. The van der Waals surface area contributed by atoms with Crippen molar-refractivity contribution in [3.63, 3.8) is 0 Å². The molecule has 0 atom stereocenters. The molecule has 3 rings (SSSR count). The molecule has 162 valence electrons.